The van der Waals surface area contributed by atoms with Gasteiger partial charge in [-0.05, 0) is 55.2 Å². The summed E-state index contributed by atoms with van der Waals surface area (Å²) in [6.07, 6.45) is 10.7. The molecule has 7 rings (SSSR count). The lowest BCUT2D eigenvalue weighted by Crippen LogP contribution is -2.18. The van der Waals surface area contributed by atoms with Crippen molar-refractivity contribution in [3.63, 3.8) is 0 Å². The summed E-state index contributed by atoms with van der Waals surface area (Å²) < 4.78 is 14.6. The summed E-state index contributed by atoms with van der Waals surface area (Å²) in [5.74, 6) is 0.227. The summed E-state index contributed by atoms with van der Waals surface area (Å²) >= 11 is 0. The van der Waals surface area contributed by atoms with E-state index in [-0.39, 0.29) is 5.82 Å². The van der Waals surface area contributed by atoms with Crippen LogP contribution in [0.15, 0.2) is 85.6 Å². The molecule has 0 saturated heterocycles. The minimum Gasteiger partial charge on any atom is -0.358 e. The average molecular weight is 502 g/mol. The van der Waals surface area contributed by atoms with Crippen LogP contribution in [0.3, 0.4) is 0 Å². The van der Waals surface area contributed by atoms with E-state index in [1.807, 2.05) is 30.3 Å². The zero-order valence-electron chi connectivity index (χ0n) is 20.5. The fraction of sp³-hybridized carbons (Fsp3) is 0.133. The molecule has 3 N–H and O–H groups in total. The summed E-state index contributed by atoms with van der Waals surface area (Å²) in [7, 11) is 0. The molecule has 8 heteroatoms. The zero-order chi connectivity index (χ0) is 25.6. The van der Waals surface area contributed by atoms with Gasteiger partial charge in [0.1, 0.15) is 11.5 Å². The van der Waals surface area contributed by atoms with Gasteiger partial charge in [-0.2, -0.15) is 5.10 Å². The Morgan fingerprint density at radius 2 is 1.82 bits per heavy atom. The molecule has 5 aromatic heterocycles. The van der Waals surface area contributed by atoms with E-state index in [4.69, 9.17) is 0 Å². The fourth-order valence-corrected chi connectivity index (χ4v) is 5.02. The van der Waals surface area contributed by atoms with Gasteiger partial charge in [-0.3, -0.25) is 20.1 Å². The molecule has 0 bridgehead atoms. The van der Waals surface area contributed by atoms with E-state index in [9.17, 15) is 4.39 Å². The van der Waals surface area contributed by atoms with E-state index in [0.29, 0.717) is 17.2 Å². The monoisotopic (exact) mass is 501 g/mol. The Bertz CT molecular complexity index is 1830. The Morgan fingerprint density at radius 1 is 0.947 bits per heavy atom. The number of aromatic nitrogens is 6. The number of rotatable bonds is 6. The van der Waals surface area contributed by atoms with Crippen molar-refractivity contribution in [3.8, 4) is 33.9 Å². The number of hydrogen-bond donors (Lipinski definition) is 3. The number of H-pyrrole nitrogens is 2. The third kappa shape index (κ3) is 3.82. The van der Waals surface area contributed by atoms with E-state index in [1.165, 1.54) is 25.3 Å². The van der Waals surface area contributed by atoms with Gasteiger partial charge < -0.3 is 10.3 Å². The maximum absolute atomic E-state index is 14.6. The van der Waals surface area contributed by atoms with Gasteiger partial charge in [0.05, 0.1) is 40.7 Å². The predicted molar refractivity (Wildman–Crippen MR) is 148 cm³/mol. The van der Waals surface area contributed by atoms with Gasteiger partial charge >= 0.3 is 0 Å². The second-order valence-electron chi connectivity index (χ2n) is 9.71. The molecule has 1 aliphatic rings. The number of nitrogens with zero attached hydrogens (tertiary/aromatic N) is 4. The first-order chi connectivity index (χ1) is 18.6. The maximum Gasteiger partial charge on any atom is 0.132 e. The molecule has 186 valence electrons. The Morgan fingerprint density at radius 3 is 2.66 bits per heavy atom. The molecule has 0 atom stereocenters. The highest BCUT2D eigenvalue weighted by Crippen LogP contribution is 2.35. The van der Waals surface area contributed by atoms with Crippen LogP contribution in [0.25, 0.3) is 55.7 Å². The third-order valence-electron chi connectivity index (χ3n) is 7.32. The summed E-state index contributed by atoms with van der Waals surface area (Å²) in [5.41, 5.74) is 7.90. The van der Waals surface area contributed by atoms with E-state index in [2.05, 4.69) is 42.0 Å². The van der Waals surface area contributed by atoms with Crippen LogP contribution >= 0.6 is 0 Å². The Balaban J connectivity index is 1.27. The second-order valence-corrected chi connectivity index (χ2v) is 9.71. The van der Waals surface area contributed by atoms with E-state index in [1.54, 1.807) is 36.9 Å². The fourth-order valence-electron chi connectivity index (χ4n) is 5.02. The molecule has 1 aromatic carbocycles. The van der Waals surface area contributed by atoms with Crippen molar-refractivity contribution in [2.24, 2.45) is 5.92 Å². The molecule has 1 saturated carbocycles. The second kappa shape index (κ2) is 8.92. The number of pyridine rings is 3. The molecule has 6 aromatic rings. The molecule has 0 unspecified atom stereocenters. The number of benzene rings is 1. The van der Waals surface area contributed by atoms with Gasteiger partial charge in [0, 0.05) is 45.5 Å². The number of fused-ring (bicyclic) bond motifs is 2. The highest BCUT2D eigenvalue weighted by molar-refractivity contribution is 6.00. The zero-order valence-corrected chi connectivity index (χ0v) is 20.5. The van der Waals surface area contributed by atoms with Gasteiger partial charge in [-0.15, -0.1) is 0 Å². The van der Waals surface area contributed by atoms with Crippen molar-refractivity contribution in [2.45, 2.75) is 19.3 Å². The van der Waals surface area contributed by atoms with E-state index < -0.39 is 0 Å². The number of allylic oxidation sites excluding steroid dienone is 1. The average Bonchev–Trinajstić information content (AvgIpc) is 3.52. The molecule has 5 heterocycles. The highest BCUT2D eigenvalue weighted by Gasteiger charge is 2.21. The van der Waals surface area contributed by atoms with E-state index in [0.717, 1.165) is 55.8 Å². The Kier molecular flexibility index (Phi) is 5.25. The van der Waals surface area contributed by atoms with Gasteiger partial charge in [0.15, 0.2) is 0 Å². The van der Waals surface area contributed by atoms with Crippen molar-refractivity contribution in [2.75, 3.05) is 5.32 Å². The van der Waals surface area contributed by atoms with Crippen LogP contribution in [0.5, 0.6) is 0 Å². The van der Waals surface area contributed by atoms with Crippen LogP contribution in [0.4, 0.5) is 10.1 Å². The lowest BCUT2D eigenvalue weighted by Gasteiger charge is -2.28. The molecule has 0 amide bonds. The summed E-state index contributed by atoms with van der Waals surface area (Å²) in [5, 5.41) is 12.8. The number of nitrogens with one attached hydrogen (secondary N) is 3. The van der Waals surface area contributed by atoms with Crippen molar-refractivity contribution < 1.29 is 4.39 Å². The smallest absolute Gasteiger partial charge is 0.132 e. The molecule has 0 radical (unpaired) electrons. The first kappa shape index (κ1) is 22.4. The number of hydrogen-bond acceptors (Lipinski definition) is 5. The molecular formula is C30H24FN7. The van der Waals surface area contributed by atoms with Gasteiger partial charge in [-0.1, -0.05) is 25.1 Å². The van der Waals surface area contributed by atoms with Gasteiger partial charge in [0.2, 0.25) is 0 Å². The van der Waals surface area contributed by atoms with Crippen molar-refractivity contribution >= 4 is 27.5 Å². The topological polar surface area (TPSA) is 95.2 Å². The quantitative estimate of drug-likeness (QED) is 0.226. The first-order valence-electron chi connectivity index (χ1n) is 12.6. The SMILES string of the molecule is C=C(Nc1cncc(-c2cc3c(-c4cc5c(-c6ccccc6F)nccc5[nH]4)n[nH]c3cn2)c1)C1CCC1. The molecule has 0 aliphatic heterocycles. The molecule has 1 aliphatic carbocycles. The van der Waals surface area contributed by atoms with Gasteiger partial charge in [0.25, 0.3) is 0 Å². The maximum atomic E-state index is 14.6. The lowest BCUT2D eigenvalue weighted by molar-refractivity contribution is 0.371. The minimum atomic E-state index is -0.308. The van der Waals surface area contributed by atoms with Gasteiger partial charge in [-0.25, -0.2) is 4.39 Å². The highest BCUT2D eigenvalue weighted by atomic mass is 19.1. The van der Waals surface area contributed by atoms with Crippen LogP contribution in [0.2, 0.25) is 0 Å². The van der Waals surface area contributed by atoms with Crippen LogP contribution in [-0.2, 0) is 0 Å². The molecule has 1 fully saturated rings. The van der Waals surface area contributed by atoms with E-state index >= 15 is 0 Å². The predicted octanol–water partition coefficient (Wildman–Crippen LogP) is 7.10. The standard InChI is InChI=1S/C30H24FN7/c1-17(18-5-4-6-18)35-20-11-19(14-32-15-20)26-12-23-28(16-34-26)37-38-30(23)27-13-22-25(36-27)9-10-33-29(22)21-7-2-3-8-24(21)31/h2-3,7-16,18,35-36H,1,4-6H2,(H,37,38). The molecule has 7 nitrogen and oxygen atoms in total. The number of halogens is 1. The van der Waals surface area contributed by atoms with Crippen LogP contribution in [-0.4, -0.2) is 30.1 Å². The van der Waals surface area contributed by atoms with Crippen molar-refractivity contribution in [1.29, 1.82) is 0 Å². The summed E-state index contributed by atoms with van der Waals surface area (Å²) in [6, 6.07) is 14.6. The minimum absolute atomic E-state index is 0.308. The number of anilines is 1. The van der Waals surface area contributed by atoms with Crippen molar-refractivity contribution in [3.05, 3.63) is 91.4 Å². The lowest BCUT2D eigenvalue weighted by atomic mass is 9.83. The summed E-state index contributed by atoms with van der Waals surface area (Å²) in [6.45, 7) is 4.21. The first-order valence-corrected chi connectivity index (χ1v) is 12.6. The molecule has 38 heavy (non-hydrogen) atoms. The van der Waals surface area contributed by atoms with Crippen LogP contribution < -0.4 is 5.32 Å². The van der Waals surface area contributed by atoms with Crippen molar-refractivity contribution in [1.82, 2.24) is 30.1 Å². The summed E-state index contributed by atoms with van der Waals surface area (Å²) in [4.78, 5) is 17.0. The Hall–Kier alpha value is -4.85. The molecule has 0 spiro atoms. The number of aromatic amines is 2. The largest absolute Gasteiger partial charge is 0.358 e. The van der Waals surface area contributed by atoms with Crippen LogP contribution in [0, 0.1) is 11.7 Å². The van der Waals surface area contributed by atoms with Crippen LogP contribution in [0.1, 0.15) is 19.3 Å². The third-order valence-corrected chi connectivity index (χ3v) is 7.32. The Labute approximate surface area is 217 Å². The molecular weight excluding hydrogens is 477 g/mol. The normalized spacial score (nSPS) is 13.6.